The number of fused-ring (bicyclic) bond motifs is 1. The standard InChI is InChI=1S/C10H9N7O/c11-9-14-10(17-16-9)13-6-1-2-7-5(3-6)4-12-15-8(7)18/h1-4H,(H,15,18)(H4,11,13,14,16,17). The monoisotopic (exact) mass is 243 g/mol. The normalized spacial score (nSPS) is 10.7. The summed E-state index contributed by atoms with van der Waals surface area (Å²) in [5.74, 6) is 0.598. The third kappa shape index (κ3) is 1.75. The van der Waals surface area contributed by atoms with Gasteiger partial charge in [-0.1, -0.05) is 0 Å². The van der Waals surface area contributed by atoms with E-state index < -0.39 is 0 Å². The molecule has 18 heavy (non-hydrogen) atoms. The molecule has 0 saturated carbocycles. The topological polar surface area (TPSA) is 125 Å². The van der Waals surface area contributed by atoms with Crippen LogP contribution in [-0.2, 0) is 0 Å². The lowest BCUT2D eigenvalue weighted by Crippen LogP contribution is -2.07. The maximum Gasteiger partial charge on any atom is 0.272 e. The van der Waals surface area contributed by atoms with Gasteiger partial charge in [-0.05, 0) is 18.2 Å². The molecule has 0 bridgehead atoms. The number of nitrogens with one attached hydrogen (secondary N) is 3. The summed E-state index contributed by atoms with van der Waals surface area (Å²) in [7, 11) is 0. The van der Waals surface area contributed by atoms with Crippen molar-refractivity contribution < 1.29 is 0 Å². The lowest BCUT2D eigenvalue weighted by atomic mass is 10.2. The molecule has 3 rings (SSSR count). The van der Waals surface area contributed by atoms with Crippen molar-refractivity contribution in [1.82, 2.24) is 25.4 Å². The molecule has 0 atom stereocenters. The predicted octanol–water partition coefficient (Wildman–Crippen LogP) is 0.367. The second-order valence-corrected chi connectivity index (χ2v) is 3.67. The summed E-state index contributed by atoms with van der Waals surface area (Å²) < 4.78 is 0. The van der Waals surface area contributed by atoms with Crippen molar-refractivity contribution in [1.29, 1.82) is 0 Å². The zero-order valence-corrected chi connectivity index (χ0v) is 9.14. The number of benzene rings is 1. The summed E-state index contributed by atoms with van der Waals surface area (Å²) in [4.78, 5) is 15.4. The van der Waals surface area contributed by atoms with Gasteiger partial charge in [0.2, 0.25) is 11.9 Å². The smallest absolute Gasteiger partial charge is 0.272 e. The van der Waals surface area contributed by atoms with E-state index in [2.05, 4.69) is 30.7 Å². The number of nitrogen functional groups attached to an aromatic ring is 1. The lowest BCUT2D eigenvalue weighted by Gasteiger charge is -2.02. The fourth-order valence-electron chi connectivity index (χ4n) is 1.63. The Labute approximate surface area is 100 Å². The fraction of sp³-hybridized carbons (Fsp3) is 0. The van der Waals surface area contributed by atoms with E-state index in [4.69, 9.17) is 5.73 Å². The molecule has 3 aromatic rings. The minimum atomic E-state index is -0.221. The summed E-state index contributed by atoms with van der Waals surface area (Å²) in [5.41, 5.74) is 5.94. The molecular formula is C10H9N7O. The van der Waals surface area contributed by atoms with Crippen LogP contribution in [0.1, 0.15) is 0 Å². The molecule has 0 spiro atoms. The van der Waals surface area contributed by atoms with Gasteiger partial charge in [-0.25, -0.2) is 10.2 Å². The predicted molar refractivity (Wildman–Crippen MR) is 66.4 cm³/mol. The molecule has 0 saturated heterocycles. The Bertz CT molecular complexity index is 760. The minimum absolute atomic E-state index is 0.221. The van der Waals surface area contributed by atoms with Gasteiger partial charge >= 0.3 is 0 Å². The van der Waals surface area contributed by atoms with Crippen LogP contribution in [0.3, 0.4) is 0 Å². The van der Waals surface area contributed by atoms with Gasteiger partial charge in [0, 0.05) is 11.1 Å². The molecule has 8 nitrogen and oxygen atoms in total. The van der Waals surface area contributed by atoms with Crippen LogP contribution in [0.2, 0.25) is 0 Å². The molecule has 1 aromatic carbocycles. The maximum absolute atomic E-state index is 11.5. The molecular weight excluding hydrogens is 234 g/mol. The Kier molecular flexibility index (Phi) is 2.19. The Hall–Kier alpha value is -2.90. The van der Waals surface area contributed by atoms with Gasteiger partial charge < -0.3 is 11.1 Å². The third-order valence-corrected chi connectivity index (χ3v) is 2.42. The molecule has 0 radical (unpaired) electrons. The number of nitrogens with two attached hydrogens (primary N) is 1. The highest BCUT2D eigenvalue weighted by molar-refractivity contribution is 5.84. The summed E-state index contributed by atoms with van der Waals surface area (Å²) in [6.07, 6.45) is 1.58. The van der Waals surface area contributed by atoms with Crippen LogP contribution in [0.15, 0.2) is 29.2 Å². The van der Waals surface area contributed by atoms with E-state index in [1.165, 1.54) is 0 Å². The van der Waals surface area contributed by atoms with Crippen molar-refractivity contribution in [2.45, 2.75) is 0 Å². The number of nitrogens with zero attached hydrogens (tertiary/aromatic N) is 3. The van der Waals surface area contributed by atoms with E-state index in [0.29, 0.717) is 11.3 Å². The van der Waals surface area contributed by atoms with Crippen LogP contribution in [-0.4, -0.2) is 25.4 Å². The number of rotatable bonds is 2. The third-order valence-electron chi connectivity index (χ3n) is 2.42. The molecule has 0 amide bonds. The van der Waals surface area contributed by atoms with Gasteiger partial charge in [-0.15, -0.1) is 5.10 Å². The van der Waals surface area contributed by atoms with Gasteiger partial charge in [0.1, 0.15) is 0 Å². The van der Waals surface area contributed by atoms with Crippen molar-refractivity contribution in [3.8, 4) is 0 Å². The second kappa shape index (κ2) is 3.84. The molecule has 2 heterocycles. The molecule has 0 unspecified atom stereocenters. The van der Waals surface area contributed by atoms with Crippen LogP contribution in [0, 0.1) is 0 Å². The molecule has 5 N–H and O–H groups in total. The SMILES string of the molecule is Nc1nc(Nc2ccc3c(=O)[nH]ncc3c2)n[nH]1. The highest BCUT2D eigenvalue weighted by Crippen LogP contribution is 2.18. The highest BCUT2D eigenvalue weighted by Gasteiger charge is 2.03. The van der Waals surface area contributed by atoms with E-state index in [9.17, 15) is 4.79 Å². The minimum Gasteiger partial charge on any atom is -0.368 e. The number of anilines is 3. The van der Waals surface area contributed by atoms with E-state index in [1.807, 2.05) is 0 Å². The Morgan fingerprint density at radius 2 is 2.17 bits per heavy atom. The first-order chi connectivity index (χ1) is 8.72. The van der Waals surface area contributed by atoms with E-state index >= 15 is 0 Å². The first-order valence-electron chi connectivity index (χ1n) is 5.15. The van der Waals surface area contributed by atoms with Crippen molar-refractivity contribution in [2.75, 3.05) is 11.1 Å². The first-order valence-corrected chi connectivity index (χ1v) is 5.15. The lowest BCUT2D eigenvalue weighted by molar-refractivity contribution is 1.01. The summed E-state index contributed by atoms with van der Waals surface area (Å²) in [5, 5.41) is 16.8. The number of H-pyrrole nitrogens is 2. The molecule has 90 valence electrons. The molecule has 2 aromatic heterocycles. The quantitative estimate of drug-likeness (QED) is 0.515. The van der Waals surface area contributed by atoms with Crippen LogP contribution < -0.4 is 16.6 Å². The Morgan fingerprint density at radius 3 is 2.94 bits per heavy atom. The van der Waals surface area contributed by atoms with Crippen LogP contribution in [0.25, 0.3) is 10.8 Å². The summed E-state index contributed by atoms with van der Waals surface area (Å²) in [6.45, 7) is 0. The molecule has 0 aliphatic rings. The van der Waals surface area contributed by atoms with Crippen LogP contribution >= 0.6 is 0 Å². The molecule has 8 heteroatoms. The van der Waals surface area contributed by atoms with Crippen molar-refractivity contribution in [3.63, 3.8) is 0 Å². The second-order valence-electron chi connectivity index (χ2n) is 3.67. The molecule has 0 fully saturated rings. The average Bonchev–Trinajstić information content (AvgIpc) is 2.75. The number of hydrogen-bond acceptors (Lipinski definition) is 6. The fourth-order valence-corrected chi connectivity index (χ4v) is 1.63. The van der Waals surface area contributed by atoms with Crippen molar-refractivity contribution in [3.05, 3.63) is 34.7 Å². The summed E-state index contributed by atoms with van der Waals surface area (Å²) >= 11 is 0. The van der Waals surface area contributed by atoms with Gasteiger partial charge in [0.15, 0.2) is 0 Å². The van der Waals surface area contributed by atoms with Gasteiger partial charge in [0.05, 0.1) is 11.6 Å². The van der Waals surface area contributed by atoms with Crippen molar-refractivity contribution in [2.24, 2.45) is 0 Å². The first kappa shape index (κ1) is 10.3. The number of aromatic nitrogens is 5. The van der Waals surface area contributed by atoms with Crippen LogP contribution in [0.5, 0.6) is 0 Å². The van der Waals surface area contributed by atoms with E-state index in [1.54, 1.807) is 24.4 Å². The largest absolute Gasteiger partial charge is 0.368 e. The van der Waals surface area contributed by atoms with Crippen LogP contribution in [0.4, 0.5) is 17.6 Å². The Morgan fingerprint density at radius 1 is 1.28 bits per heavy atom. The van der Waals surface area contributed by atoms with Gasteiger partial charge in [-0.2, -0.15) is 10.1 Å². The van der Waals surface area contributed by atoms with Crippen molar-refractivity contribution >= 4 is 28.4 Å². The number of aromatic amines is 2. The highest BCUT2D eigenvalue weighted by atomic mass is 16.1. The number of hydrogen-bond donors (Lipinski definition) is 4. The Balaban J connectivity index is 2.01. The zero-order chi connectivity index (χ0) is 12.5. The zero-order valence-electron chi connectivity index (χ0n) is 9.14. The molecule has 0 aliphatic heterocycles. The molecule has 0 aliphatic carbocycles. The van der Waals surface area contributed by atoms with E-state index in [0.717, 1.165) is 11.1 Å². The average molecular weight is 243 g/mol. The maximum atomic E-state index is 11.5. The van der Waals surface area contributed by atoms with Gasteiger partial charge in [-0.3, -0.25) is 4.79 Å². The van der Waals surface area contributed by atoms with E-state index in [-0.39, 0.29) is 11.5 Å². The van der Waals surface area contributed by atoms with Gasteiger partial charge in [0.25, 0.3) is 5.56 Å². The summed E-state index contributed by atoms with van der Waals surface area (Å²) in [6, 6.07) is 5.24.